The summed E-state index contributed by atoms with van der Waals surface area (Å²) in [6, 6.07) is 15.7. The molecule has 0 radical (unpaired) electrons. The fourth-order valence-corrected chi connectivity index (χ4v) is 3.56. The Balaban J connectivity index is 1.60. The Morgan fingerprint density at radius 1 is 1.17 bits per heavy atom. The molecule has 3 rings (SSSR count). The number of carbonyl (C=O) groups excluding carboxylic acids is 1. The van der Waals surface area contributed by atoms with E-state index < -0.39 is 0 Å². The minimum absolute atomic E-state index is 0.116. The van der Waals surface area contributed by atoms with Gasteiger partial charge in [-0.05, 0) is 63.7 Å². The first-order valence-corrected chi connectivity index (χ1v) is 10.9. The van der Waals surface area contributed by atoms with E-state index in [0.717, 1.165) is 28.0 Å². The smallest absolute Gasteiger partial charge is 0.251 e. The van der Waals surface area contributed by atoms with Gasteiger partial charge >= 0.3 is 0 Å². The first-order chi connectivity index (χ1) is 14.3. The number of benzene rings is 2. The molecule has 3 aromatic rings. The first kappa shape index (κ1) is 22.1. The van der Waals surface area contributed by atoms with Crippen molar-refractivity contribution in [3.05, 3.63) is 81.6 Å². The van der Waals surface area contributed by atoms with Crippen LogP contribution < -0.4 is 10.1 Å². The van der Waals surface area contributed by atoms with Gasteiger partial charge in [0.15, 0.2) is 0 Å². The number of carbonyl (C=O) groups is 1. The highest BCUT2D eigenvalue weighted by Crippen LogP contribution is 2.24. The van der Waals surface area contributed by atoms with Crippen molar-refractivity contribution in [2.45, 2.75) is 52.8 Å². The molecule has 6 heteroatoms. The first-order valence-electron chi connectivity index (χ1n) is 10.1. The summed E-state index contributed by atoms with van der Waals surface area (Å²) in [6.45, 7) is 10.2. The Bertz CT molecular complexity index is 1000. The molecule has 0 unspecified atom stereocenters. The van der Waals surface area contributed by atoms with Gasteiger partial charge in [-0.3, -0.25) is 9.48 Å². The molecule has 0 bridgehead atoms. The Morgan fingerprint density at radius 2 is 1.90 bits per heavy atom. The number of aromatic nitrogens is 2. The van der Waals surface area contributed by atoms with Crippen molar-refractivity contribution in [3.63, 3.8) is 0 Å². The highest BCUT2D eigenvalue weighted by atomic mass is 79.9. The number of nitrogens with one attached hydrogen (secondary N) is 1. The average molecular weight is 470 g/mol. The summed E-state index contributed by atoms with van der Waals surface area (Å²) in [7, 11) is 0. The number of halogens is 1. The van der Waals surface area contributed by atoms with E-state index in [1.54, 1.807) is 6.20 Å². The van der Waals surface area contributed by atoms with Crippen LogP contribution in [0.1, 0.15) is 54.9 Å². The van der Waals surface area contributed by atoms with Crippen LogP contribution in [0.5, 0.6) is 5.75 Å². The topological polar surface area (TPSA) is 56.2 Å². The van der Waals surface area contributed by atoms with Crippen LogP contribution in [-0.2, 0) is 25.1 Å². The second kappa shape index (κ2) is 9.47. The van der Waals surface area contributed by atoms with Crippen molar-refractivity contribution in [1.82, 2.24) is 15.1 Å². The van der Waals surface area contributed by atoms with Gasteiger partial charge in [-0.2, -0.15) is 5.10 Å². The summed E-state index contributed by atoms with van der Waals surface area (Å²) >= 11 is 3.48. The van der Waals surface area contributed by atoms with Crippen LogP contribution in [0.15, 0.2) is 59.2 Å². The molecule has 0 aliphatic carbocycles. The molecule has 5 nitrogen and oxygen atoms in total. The zero-order chi connectivity index (χ0) is 21.7. The number of nitrogens with zero attached hydrogens (tertiary/aromatic N) is 2. The van der Waals surface area contributed by atoms with Crippen LogP contribution in [0.4, 0.5) is 0 Å². The molecule has 0 saturated heterocycles. The Kier molecular flexibility index (Phi) is 6.98. The summed E-state index contributed by atoms with van der Waals surface area (Å²) < 4.78 is 8.66. The van der Waals surface area contributed by atoms with E-state index in [9.17, 15) is 4.79 Å². The van der Waals surface area contributed by atoms with Crippen LogP contribution in [0.3, 0.4) is 0 Å². The zero-order valence-corrected chi connectivity index (χ0v) is 19.5. The summed E-state index contributed by atoms with van der Waals surface area (Å²) in [5.74, 6) is 0.692. The van der Waals surface area contributed by atoms with Gasteiger partial charge < -0.3 is 10.1 Å². The maximum atomic E-state index is 12.6. The number of aryl methyl sites for hydroxylation is 1. The third-order valence-corrected chi connectivity index (χ3v) is 5.59. The van der Waals surface area contributed by atoms with Crippen LogP contribution in [0, 0.1) is 0 Å². The molecule has 0 saturated carbocycles. The molecule has 1 N–H and O–H groups in total. The molecule has 1 heterocycles. The lowest BCUT2D eigenvalue weighted by atomic mass is 9.87. The second-order valence-corrected chi connectivity index (χ2v) is 9.06. The van der Waals surface area contributed by atoms with Gasteiger partial charge in [0, 0.05) is 12.1 Å². The predicted octanol–water partition coefficient (Wildman–Crippen LogP) is 5.47. The third-order valence-electron chi connectivity index (χ3n) is 4.93. The molecule has 0 aliphatic heterocycles. The van der Waals surface area contributed by atoms with Gasteiger partial charge in [-0.15, -0.1) is 0 Å². The SMILES string of the molecule is CCn1ncc(Br)c1CNC(=O)c1cccc(COc2ccc(C(C)(C)C)cc2)c1. The van der Waals surface area contributed by atoms with Crippen LogP contribution in [0.25, 0.3) is 0 Å². The number of hydrogen-bond acceptors (Lipinski definition) is 3. The van der Waals surface area contributed by atoms with Crippen molar-refractivity contribution >= 4 is 21.8 Å². The summed E-state index contributed by atoms with van der Waals surface area (Å²) in [5.41, 5.74) is 3.89. The monoisotopic (exact) mass is 469 g/mol. The molecule has 0 fully saturated rings. The van der Waals surface area contributed by atoms with Crippen molar-refractivity contribution in [2.24, 2.45) is 0 Å². The standard InChI is InChI=1S/C24H28BrN3O2/c1-5-28-22(21(25)14-27-28)15-26-23(29)18-8-6-7-17(13-18)16-30-20-11-9-19(10-12-20)24(2,3)4/h6-14H,5,15-16H2,1-4H3,(H,26,29). The van der Waals surface area contributed by atoms with E-state index in [2.05, 4.69) is 59.2 Å². The van der Waals surface area contributed by atoms with Crippen molar-refractivity contribution in [1.29, 1.82) is 0 Å². The summed E-state index contributed by atoms with van der Waals surface area (Å²) in [6.07, 6.45) is 1.75. The Hall–Kier alpha value is -2.60. The molecule has 0 aliphatic rings. The molecular weight excluding hydrogens is 442 g/mol. The largest absolute Gasteiger partial charge is 0.489 e. The fourth-order valence-electron chi connectivity index (χ4n) is 3.12. The molecule has 1 amide bonds. The number of hydrogen-bond donors (Lipinski definition) is 1. The number of rotatable bonds is 7. The predicted molar refractivity (Wildman–Crippen MR) is 123 cm³/mol. The normalized spacial score (nSPS) is 11.4. The van der Waals surface area contributed by atoms with E-state index in [0.29, 0.717) is 18.7 Å². The zero-order valence-electron chi connectivity index (χ0n) is 17.9. The number of amides is 1. The van der Waals surface area contributed by atoms with Crippen LogP contribution in [-0.4, -0.2) is 15.7 Å². The maximum absolute atomic E-state index is 12.6. The molecular formula is C24H28BrN3O2. The van der Waals surface area contributed by atoms with Gasteiger partial charge in [0.25, 0.3) is 5.91 Å². The van der Waals surface area contributed by atoms with E-state index in [4.69, 9.17) is 4.74 Å². The minimum atomic E-state index is -0.123. The van der Waals surface area contributed by atoms with Crippen molar-refractivity contribution in [2.75, 3.05) is 0 Å². The van der Waals surface area contributed by atoms with Crippen LogP contribution >= 0.6 is 15.9 Å². The highest BCUT2D eigenvalue weighted by molar-refractivity contribution is 9.10. The van der Waals surface area contributed by atoms with Gasteiger partial charge in [-0.1, -0.05) is 45.0 Å². The van der Waals surface area contributed by atoms with E-state index >= 15 is 0 Å². The quantitative estimate of drug-likeness (QED) is 0.498. The molecule has 1 aromatic heterocycles. The highest BCUT2D eigenvalue weighted by Gasteiger charge is 2.13. The van der Waals surface area contributed by atoms with Gasteiger partial charge in [0.05, 0.1) is 22.9 Å². The molecule has 0 atom stereocenters. The average Bonchev–Trinajstić information content (AvgIpc) is 3.10. The number of ether oxygens (including phenoxy) is 1. The third kappa shape index (κ3) is 5.51. The molecule has 30 heavy (non-hydrogen) atoms. The van der Waals surface area contributed by atoms with E-state index in [1.807, 2.05) is 48.0 Å². The lowest BCUT2D eigenvalue weighted by Gasteiger charge is -2.19. The molecule has 0 spiro atoms. The summed E-state index contributed by atoms with van der Waals surface area (Å²) in [4.78, 5) is 12.6. The molecule has 158 valence electrons. The van der Waals surface area contributed by atoms with E-state index in [-0.39, 0.29) is 11.3 Å². The van der Waals surface area contributed by atoms with E-state index in [1.165, 1.54) is 5.56 Å². The Labute approximate surface area is 186 Å². The second-order valence-electron chi connectivity index (χ2n) is 8.20. The fraction of sp³-hybridized carbons (Fsp3) is 0.333. The minimum Gasteiger partial charge on any atom is -0.489 e. The van der Waals surface area contributed by atoms with Crippen molar-refractivity contribution < 1.29 is 9.53 Å². The van der Waals surface area contributed by atoms with Crippen LogP contribution in [0.2, 0.25) is 0 Å². The lowest BCUT2D eigenvalue weighted by molar-refractivity contribution is 0.0949. The Morgan fingerprint density at radius 3 is 2.57 bits per heavy atom. The van der Waals surface area contributed by atoms with Gasteiger partial charge in [0.1, 0.15) is 12.4 Å². The van der Waals surface area contributed by atoms with Gasteiger partial charge in [-0.25, -0.2) is 0 Å². The van der Waals surface area contributed by atoms with Gasteiger partial charge in [0.2, 0.25) is 0 Å². The maximum Gasteiger partial charge on any atom is 0.251 e. The van der Waals surface area contributed by atoms with Crippen molar-refractivity contribution in [3.8, 4) is 5.75 Å². The lowest BCUT2D eigenvalue weighted by Crippen LogP contribution is -2.24. The summed E-state index contributed by atoms with van der Waals surface area (Å²) in [5, 5.41) is 7.24. The molecule has 2 aromatic carbocycles.